The summed E-state index contributed by atoms with van der Waals surface area (Å²) in [6.45, 7) is 7.76. The predicted molar refractivity (Wildman–Crippen MR) is 81.6 cm³/mol. The van der Waals surface area contributed by atoms with Gasteiger partial charge in [-0.1, -0.05) is 19.8 Å². The fourth-order valence-electron chi connectivity index (χ4n) is 3.21. The quantitative estimate of drug-likeness (QED) is 0.815. The lowest BCUT2D eigenvalue weighted by atomic mass is 10.1. The molecule has 20 heavy (non-hydrogen) atoms. The maximum absolute atomic E-state index is 12.3. The molecule has 0 radical (unpaired) electrons. The van der Waals surface area contributed by atoms with Gasteiger partial charge < -0.3 is 20.9 Å². The summed E-state index contributed by atoms with van der Waals surface area (Å²) in [5.41, 5.74) is 5.69. The van der Waals surface area contributed by atoms with Gasteiger partial charge in [0.25, 0.3) is 0 Å². The third-order valence-electron chi connectivity index (χ3n) is 4.53. The molecule has 1 saturated carbocycles. The molecule has 1 saturated heterocycles. The van der Waals surface area contributed by atoms with Crippen LogP contribution in [-0.2, 0) is 0 Å². The molecule has 1 heterocycles. The van der Waals surface area contributed by atoms with Crippen molar-refractivity contribution in [3.05, 3.63) is 0 Å². The standard InChI is InChI=1S/C15H30N4O/c1-13(11-16)12-18-7-4-8-19(10-9-18)15(20)17-14-5-2-3-6-14/h13-14H,2-12,16H2,1H3,(H,17,20). The van der Waals surface area contributed by atoms with Gasteiger partial charge in [0, 0.05) is 32.2 Å². The summed E-state index contributed by atoms with van der Waals surface area (Å²) in [7, 11) is 0. The summed E-state index contributed by atoms with van der Waals surface area (Å²) >= 11 is 0. The van der Waals surface area contributed by atoms with Crippen molar-refractivity contribution in [3.8, 4) is 0 Å². The summed E-state index contributed by atoms with van der Waals surface area (Å²) in [5, 5.41) is 3.19. The van der Waals surface area contributed by atoms with Crippen LogP contribution in [0.15, 0.2) is 0 Å². The van der Waals surface area contributed by atoms with Crippen molar-refractivity contribution in [2.75, 3.05) is 39.3 Å². The number of rotatable bonds is 4. The predicted octanol–water partition coefficient (Wildman–Crippen LogP) is 1.24. The van der Waals surface area contributed by atoms with E-state index in [0.717, 1.165) is 58.5 Å². The van der Waals surface area contributed by atoms with Crippen molar-refractivity contribution in [1.29, 1.82) is 0 Å². The molecule has 5 heteroatoms. The van der Waals surface area contributed by atoms with Crippen LogP contribution in [0.3, 0.4) is 0 Å². The van der Waals surface area contributed by atoms with Crippen LogP contribution < -0.4 is 11.1 Å². The first-order valence-corrected chi connectivity index (χ1v) is 8.17. The highest BCUT2D eigenvalue weighted by atomic mass is 16.2. The molecule has 1 aliphatic carbocycles. The molecule has 2 aliphatic rings. The van der Waals surface area contributed by atoms with Crippen LogP contribution in [-0.4, -0.2) is 61.1 Å². The summed E-state index contributed by atoms with van der Waals surface area (Å²) in [5.74, 6) is 0.536. The van der Waals surface area contributed by atoms with Crippen molar-refractivity contribution < 1.29 is 4.79 Å². The highest BCUT2D eigenvalue weighted by molar-refractivity contribution is 5.74. The Morgan fingerprint density at radius 2 is 1.95 bits per heavy atom. The number of carbonyl (C=O) groups is 1. The second kappa shape index (κ2) is 7.84. The van der Waals surface area contributed by atoms with Gasteiger partial charge in [-0.15, -0.1) is 0 Å². The molecule has 1 atom stereocenters. The summed E-state index contributed by atoms with van der Waals surface area (Å²) in [6.07, 6.45) is 5.89. The third-order valence-corrected chi connectivity index (χ3v) is 4.53. The van der Waals surface area contributed by atoms with E-state index in [-0.39, 0.29) is 6.03 Å². The number of hydrogen-bond donors (Lipinski definition) is 2. The van der Waals surface area contributed by atoms with Crippen LogP contribution in [0.4, 0.5) is 4.79 Å². The average Bonchev–Trinajstić information content (AvgIpc) is 2.83. The van der Waals surface area contributed by atoms with Gasteiger partial charge in [-0.25, -0.2) is 4.79 Å². The molecule has 2 fully saturated rings. The SMILES string of the molecule is CC(CN)CN1CCCN(C(=O)NC2CCCC2)CC1. The van der Waals surface area contributed by atoms with Crippen molar-refractivity contribution in [2.45, 2.75) is 45.1 Å². The Kier molecular flexibility index (Phi) is 6.10. The minimum atomic E-state index is 0.144. The van der Waals surface area contributed by atoms with E-state index in [9.17, 15) is 4.79 Å². The first kappa shape index (κ1) is 15.6. The smallest absolute Gasteiger partial charge is 0.317 e. The topological polar surface area (TPSA) is 61.6 Å². The normalized spacial score (nSPS) is 23.6. The van der Waals surface area contributed by atoms with Gasteiger partial charge in [0.15, 0.2) is 0 Å². The maximum atomic E-state index is 12.3. The largest absolute Gasteiger partial charge is 0.335 e. The minimum absolute atomic E-state index is 0.144. The Balaban J connectivity index is 1.75. The number of hydrogen-bond acceptors (Lipinski definition) is 3. The monoisotopic (exact) mass is 282 g/mol. The van der Waals surface area contributed by atoms with E-state index >= 15 is 0 Å². The lowest BCUT2D eigenvalue weighted by Gasteiger charge is -2.25. The maximum Gasteiger partial charge on any atom is 0.317 e. The molecular weight excluding hydrogens is 252 g/mol. The average molecular weight is 282 g/mol. The number of urea groups is 1. The minimum Gasteiger partial charge on any atom is -0.335 e. The van der Waals surface area contributed by atoms with Crippen molar-refractivity contribution >= 4 is 6.03 Å². The zero-order chi connectivity index (χ0) is 14.4. The molecule has 116 valence electrons. The van der Waals surface area contributed by atoms with Crippen LogP contribution >= 0.6 is 0 Å². The molecule has 0 aromatic rings. The fourth-order valence-corrected chi connectivity index (χ4v) is 3.21. The van der Waals surface area contributed by atoms with Crippen molar-refractivity contribution in [2.24, 2.45) is 11.7 Å². The van der Waals surface area contributed by atoms with Crippen LogP contribution in [0.5, 0.6) is 0 Å². The Labute approximate surface area is 122 Å². The van der Waals surface area contributed by atoms with E-state index in [1.807, 2.05) is 4.90 Å². The lowest BCUT2D eigenvalue weighted by Crippen LogP contribution is -2.45. The lowest BCUT2D eigenvalue weighted by molar-refractivity contribution is 0.192. The van der Waals surface area contributed by atoms with Crippen LogP contribution in [0.25, 0.3) is 0 Å². The van der Waals surface area contributed by atoms with Gasteiger partial charge in [-0.2, -0.15) is 0 Å². The summed E-state index contributed by atoms with van der Waals surface area (Å²) in [4.78, 5) is 16.7. The van der Waals surface area contributed by atoms with E-state index in [1.165, 1.54) is 12.8 Å². The molecule has 1 aliphatic heterocycles. The number of carbonyl (C=O) groups excluding carboxylic acids is 1. The van der Waals surface area contributed by atoms with E-state index < -0.39 is 0 Å². The Morgan fingerprint density at radius 1 is 1.20 bits per heavy atom. The number of nitrogens with two attached hydrogens (primary N) is 1. The molecule has 0 spiro atoms. The summed E-state index contributed by atoms with van der Waals surface area (Å²) in [6, 6.07) is 0.560. The van der Waals surface area contributed by atoms with Crippen molar-refractivity contribution in [3.63, 3.8) is 0 Å². The number of nitrogens with zero attached hydrogens (tertiary/aromatic N) is 2. The zero-order valence-electron chi connectivity index (χ0n) is 12.8. The molecule has 3 N–H and O–H groups in total. The van der Waals surface area contributed by atoms with Gasteiger partial charge in [0.05, 0.1) is 0 Å². The van der Waals surface area contributed by atoms with E-state index in [0.29, 0.717) is 12.0 Å². The Bertz CT molecular complexity index is 304. The van der Waals surface area contributed by atoms with Gasteiger partial charge in [0.2, 0.25) is 0 Å². The van der Waals surface area contributed by atoms with Gasteiger partial charge >= 0.3 is 6.03 Å². The molecule has 2 amide bonds. The first-order chi connectivity index (χ1) is 9.69. The molecule has 1 unspecified atom stereocenters. The molecule has 5 nitrogen and oxygen atoms in total. The first-order valence-electron chi connectivity index (χ1n) is 8.17. The van der Waals surface area contributed by atoms with Crippen LogP contribution in [0, 0.1) is 5.92 Å². The highest BCUT2D eigenvalue weighted by Crippen LogP contribution is 2.18. The van der Waals surface area contributed by atoms with Gasteiger partial charge in [-0.3, -0.25) is 0 Å². The Hall–Kier alpha value is -0.810. The fraction of sp³-hybridized carbons (Fsp3) is 0.933. The van der Waals surface area contributed by atoms with E-state index in [1.54, 1.807) is 0 Å². The number of amides is 2. The number of nitrogens with one attached hydrogen (secondary N) is 1. The van der Waals surface area contributed by atoms with Gasteiger partial charge in [-0.05, 0) is 38.3 Å². The summed E-state index contributed by atoms with van der Waals surface area (Å²) < 4.78 is 0. The molecule has 0 aromatic carbocycles. The van der Waals surface area contributed by atoms with Gasteiger partial charge in [0.1, 0.15) is 0 Å². The second-order valence-corrected chi connectivity index (χ2v) is 6.41. The van der Waals surface area contributed by atoms with Crippen LogP contribution in [0.1, 0.15) is 39.0 Å². The molecule has 2 rings (SSSR count). The third kappa shape index (κ3) is 4.63. The highest BCUT2D eigenvalue weighted by Gasteiger charge is 2.23. The van der Waals surface area contributed by atoms with Crippen molar-refractivity contribution in [1.82, 2.24) is 15.1 Å². The zero-order valence-corrected chi connectivity index (χ0v) is 12.8. The Morgan fingerprint density at radius 3 is 2.65 bits per heavy atom. The van der Waals surface area contributed by atoms with Crippen LogP contribution in [0.2, 0.25) is 0 Å². The van der Waals surface area contributed by atoms with E-state index in [2.05, 4.69) is 17.1 Å². The van der Waals surface area contributed by atoms with E-state index in [4.69, 9.17) is 5.73 Å². The molecule has 0 aromatic heterocycles. The second-order valence-electron chi connectivity index (χ2n) is 6.41. The molecule has 0 bridgehead atoms. The molecular formula is C15H30N4O.